The summed E-state index contributed by atoms with van der Waals surface area (Å²) in [4.78, 5) is 16.0. The van der Waals surface area contributed by atoms with Crippen LogP contribution in [0.1, 0.15) is 40.5 Å². The average Bonchev–Trinajstić information content (AvgIpc) is 3.05. The number of allylic oxidation sites excluding steroid dienone is 3. The molecule has 4 nitrogen and oxygen atoms in total. The molecule has 0 radical (unpaired) electrons. The van der Waals surface area contributed by atoms with Crippen LogP contribution in [0.2, 0.25) is 5.02 Å². The van der Waals surface area contributed by atoms with Gasteiger partial charge in [0.2, 0.25) is 0 Å². The molecule has 10 heteroatoms. The number of hydrogen-bond donors (Lipinski definition) is 1. The molecule has 0 saturated heterocycles. The number of benzene rings is 1. The van der Waals surface area contributed by atoms with Gasteiger partial charge < -0.3 is 5.73 Å². The molecule has 0 saturated carbocycles. The van der Waals surface area contributed by atoms with Gasteiger partial charge >= 0.3 is 6.18 Å². The third-order valence-electron chi connectivity index (χ3n) is 5.58. The maximum Gasteiger partial charge on any atom is 0.418 e. The lowest BCUT2D eigenvalue weighted by molar-refractivity contribution is -0.137. The number of hydrogen-bond acceptors (Lipinski definition) is 5. The Balaban J connectivity index is 2.02. The van der Waals surface area contributed by atoms with Crippen LogP contribution in [-0.2, 0) is 11.0 Å². The lowest BCUT2D eigenvalue weighted by Crippen LogP contribution is -2.39. The van der Waals surface area contributed by atoms with Gasteiger partial charge in [-0.05, 0) is 60.0 Å². The summed E-state index contributed by atoms with van der Waals surface area (Å²) in [5.41, 5.74) is 5.92. The van der Waals surface area contributed by atoms with E-state index < -0.39 is 17.7 Å². The van der Waals surface area contributed by atoms with Crippen molar-refractivity contribution in [1.29, 1.82) is 5.26 Å². The first-order valence-corrected chi connectivity index (χ1v) is 11.6. The number of carbonyl (C=O) groups is 1. The van der Waals surface area contributed by atoms with E-state index in [4.69, 9.17) is 17.3 Å². The van der Waals surface area contributed by atoms with Crippen LogP contribution in [0.15, 0.2) is 51.4 Å². The van der Waals surface area contributed by atoms with Crippen molar-refractivity contribution in [2.45, 2.75) is 38.3 Å². The molecule has 1 aliphatic heterocycles. The summed E-state index contributed by atoms with van der Waals surface area (Å²) in [7, 11) is 0. The molecule has 166 valence electrons. The predicted octanol–water partition coefficient (Wildman–Crippen LogP) is 6.80. The number of Topliss-reactive ketones (excluding diaryl/α,β-unsaturated/α-hetero) is 1. The summed E-state index contributed by atoms with van der Waals surface area (Å²) in [6.07, 6.45) is -3.60. The predicted molar refractivity (Wildman–Crippen MR) is 121 cm³/mol. The molecule has 1 aromatic heterocycles. The number of halogens is 5. The van der Waals surface area contributed by atoms with E-state index >= 15 is 0 Å². The molecule has 0 spiro atoms. The second-order valence-electron chi connectivity index (χ2n) is 7.53. The zero-order valence-electron chi connectivity index (χ0n) is 16.7. The molecule has 1 aliphatic carbocycles. The van der Waals surface area contributed by atoms with Crippen LogP contribution in [0.4, 0.5) is 18.9 Å². The quantitative estimate of drug-likeness (QED) is 0.453. The van der Waals surface area contributed by atoms with Crippen LogP contribution in [0.3, 0.4) is 0 Å². The Bertz CT molecular complexity index is 1220. The van der Waals surface area contributed by atoms with Gasteiger partial charge in [-0.2, -0.15) is 18.4 Å². The molecule has 0 bridgehead atoms. The van der Waals surface area contributed by atoms with Crippen LogP contribution in [-0.4, -0.2) is 5.78 Å². The number of nitrogens with zero attached hydrogens (tertiary/aromatic N) is 2. The van der Waals surface area contributed by atoms with Gasteiger partial charge in [0.25, 0.3) is 0 Å². The number of rotatable bonds is 2. The Morgan fingerprint density at radius 2 is 2.03 bits per heavy atom. The molecule has 4 rings (SSSR count). The van der Waals surface area contributed by atoms with Gasteiger partial charge in [0.1, 0.15) is 5.82 Å². The number of alkyl halides is 3. The maximum atomic E-state index is 13.9. The maximum absolute atomic E-state index is 13.9. The standard InChI is InChI=1S/C22H16BrClF3N3OS/c1-10-14(23)8-18(32-10)19-12(9-28)21(29)30(16-3-2-4-17(31)20(16)19)15-6-5-11(24)7-13(15)22(25,26)27/h5-8,19H,2-4,29H2,1H3. The summed E-state index contributed by atoms with van der Waals surface area (Å²) >= 11 is 10.7. The number of ketones is 1. The van der Waals surface area contributed by atoms with Crippen LogP contribution in [0, 0.1) is 18.3 Å². The number of nitrogens with two attached hydrogens (primary N) is 1. The number of anilines is 1. The van der Waals surface area contributed by atoms with Crippen LogP contribution in [0.25, 0.3) is 0 Å². The second kappa shape index (κ2) is 8.25. The highest BCUT2D eigenvalue weighted by atomic mass is 79.9. The van der Waals surface area contributed by atoms with Gasteiger partial charge in [-0.15, -0.1) is 11.3 Å². The van der Waals surface area contributed by atoms with E-state index in [0.717, 1.165) is 20.3 Å². The van der Waals surface area contributed by atoms with E-state index in [1.54, 1.807) is 0 Å². The summed E-state index contributed by atoms with van der Waals surface area (Å²) < 4.78 is 42.5. The Kier molecular flexibility index (Phi) is 5.90. The van der Waals surface area contributed by atoms with Gasteiger partial charge in [-0.25, -0.2) is 0 Å². The monoisotopic (exact) mass is 541 g/mol. The van der Waals surface area contributed by atoms with Crippen molar-refractivity contribution in [2.24, 2.45) is 5.73 Å². The highest BCUT2D eigenvalue weighted by molar-refractivity contribution is 9.10. The van der Waals surface area contributed by atoms with E-state index in [1.165, 1.54) is 28.4 Å². The Labute approximate surface area is 199 Å². The zero-order valence-corrected chi connectivity index (χ0v) is 19.8. The molecule has 0 fully saturated rings. The van der Waals surface area contributed by atoms with Crippen molar-refractivity contribution in [3.05, 3.63) is 71.7 Å². The lowest BCUT2D eigenvalue weighted by atomic mass is 9.78. The first-order valence-electron chi connectivity index (χ1n) is 9.63. The Morgan fingerprint density at radius 1 is 1.31 bits per heavy atom. The molecule has 2 N–H and O–H groups in total. The molecular weight excluding hydrogens is 527 g/mol. The summed E-state index contributed by atoms with van der Waals surface area (Å²) in [5, 5.41) is 9.91. The fourth-order valence-electron chi connectivity index (χ4n) is 4.20. The molecule has 2 heterocycles. The topological polar surface area (TPSA) is 70.1 Å². The molecule has 1 atom stereocenters. The summed E-state index contributed by atoms with van der Waals surface area (Å²) in [6, 6.07) is 7.29. The van der Waals surface area contributed by atoms with Crippen molar-refractivity contribution in [1.82, 2.24) is 0 Å². The van der Waals surface area contributed by atoms with Gasteiger partial charge in [0.15, 0.2) is 5.78 Å². The molecule has 2 aromatic rings. The van der Waals surface area contributed by atoms with Crippen molar-refractivity contribution in [3.8, 4) is 6.07 Å². The summed E-state index contributed by atoms with van der Waals surface area (Å²) in [5.74, 6) is -1.01. The third-order valence-corrected chi connectivity index (χ3v) is 8.02. The van der Waals surface area contributed by atoms with Crippen molar-refractivity contribution >= 4 is 50.3 Å². The molecule has 1 unspecified atom stereocenters. The van der Waals surface area contributed by atoms with Crippen molar-refractivity contribution in [3.63, 3.8) is 0 Å². The van der Waals surface area contributed by atoms with E-state index in [9.17, 15) is 23.2 Å². The number of aryl methyl sites for hydroxylation is 1. The Morgan fingerprint density at radius 3 is 2.62 bits per heavy atom. The third kappa shape index (κ3) is 3.74. The van der Waals surface area contributed by atoms with E-state index in [1.807, 2.05) is 13.0 Å². The van der Waals surface area contributed by atoms with E-state index in [-0.39, 0.29) is 34.3 Å². The van der Waals surface area contributed by atoms with Gasteiger partial charge in [-0.1, -0.05) is 11.6 Å². The molecular formula is C22H16BrClF3N3OS. The first kappa shape index (κ1) is 22.9. The van der Waals surface area contributed by atoms with Crippen molar-refractivity contribution < 1.29 is 18.0 Å². The summed E-state index contributed by atoms with van der Waals surface area (Å²) in [6.45, 7) is 1.90. The second-order valence-corrected chi connectivity index (χ2v) is 10.1. The molecule has 2 aliphatic rings. The number of nitriles is 1. The zero-order chi connectivity index (χ0) is 23.4. The average molecular weight is 543 g/mol. The molecule has 32 heavy (non-hydrogen) atoms. The van der Waals surface area contributed by atoms with E-state index in [0.29, 0.717) is 24.1 Å². The minimum absolute atomic E-state index is 0.0517. The Hall–Kier alpha value is -2.28. The first-order chi connectivity index (χ1) is 15.0. The highest BCUT2D eigenvalue weighted by Gasteiger charge is 2.43. The molecule has 0 amide bonds. The largest absolute Gasteiger partial charge is 0.418 e. The smallest absolute Gasteiger partial charge is 0.384 e. The number of thiophene rings is 1. The van der Waals surface area contributed by atoms with Gasteiger partial charge in [-0.3, -0.25) is 9.69 Å². The van der Waals surface area contributed by atoms with Crippen LogP contribution in [0.5, 0.6) is 0 Å². The SMILES string of the molecule is Cc1sc(C2C(C#N)=C(N)N(c3ccc(Cl)cc3C(F)(F)F)C3=C2C(=O)CCC3)cc1Br. The minimum Gasteiger partial charge on any atom is -0.384 e. The lowest BCUT2D eigenvalue weighted by Gasteiger charge is -2.40. The minimum atomic E-state index is -4.71. The molecule has 1 aromatic carbocycles. The fourth-order valence-corrected chi connectivity index (χ4v) is 6.05. The van der Waals surface area contributed by atoms with Gasteiger partial charge in [0.05, 0.1) is 28.8 Å². The van der Waals surface area contributed by atoms with E-state index in [2.05, 4.69) is 22.0 Å². The fraction of sp³-hybridized carbons (Fsp3) is 0.273. The van der Waals surface area contributed by atoms with Crippen molar-refractivity contribution in [2.75, 3.05) is 4.90 Å². The normalized spacial score (nSPS) is 19.3. The highest BCUT2D eigenvalue weighted by Crippen LogP contribution is 2.50. The number of carbonyl (C=O) groups excluding carboxylic acids is 1. The van der Waals surface area contributed by atoms with Crippen LogP contribution < -0.4 is 10.6 Å². The van der Waals surface area contributed by atoms with Crippen LogP contribution >= 0.6 is 38.9 Å². The van der Waals surface area contributed by atoms with Gasteiger partial charge in [0, 0.05) is 36.9 Å².